The van der Waals surface area contributed by atoms with Crippen LogP contribution in [-0.4, -0.2) is 46.4 Å². The summed E-state index contributed by atoms with van der Waals surface area (Å²) in [6.45, 7) is 4.31. The zero-order chi connectivity index (χ0) is 16.9. The van der Waals surface area contributed by atoms with Crippen molar-refractivity contribution >= 4 is 5.91 Å². The van der Waals surface area contributed by atoms with Crippen molar-refractivity contribution in [3.8, 4) is 0 Å². The average molecular weight is 331 g/mol. The third-order valence-corrected chi connectivity index (χ3v) is 4.33. The van der Waals surface area contributed by atoms with Crippen LogP contribution >= 0.6 is 0 Å². The standard InChI is InChI=1S/C18H22FN3O2/c1-14-6-8-20-22(14)9-7-18(23)21-10-11-24-17(13-21)12-15-2-4-16(19)5-3-15/h2-6,8,17H,7,9-13H2,1H3/t17-/m1/s1. The first-order valence-corrected chi connectivity index (χ1v) is 8.24. The van der Waals surface area contributed by atoms with Crippen LogP contribution in [0.3, 0.4) is 0 Å². The second kappa shape index (κ2) is 7.57. The number of aryl methyl sites for hydroxylation is 2. The van der Waals surface area contributed by atoms with Crippen LogP contribution in [0.25, 0.3) is 0 Å². The van der Waals surface area contributed by atoms with E-state index in [9.17, 15) is 9.18 Å². The Kier molecular flexibility index (Phi) is 5.25. The van der Waals surface area contributed by atoms with Gasteiger partial charge in [-0.3, -0.25) is 9.48 Å². The Bertz CT molecular complexity index is 684. The van der Waals surface area contributed by atoms with Crippen LogP contribution < -0.4 is 0 Å². The molecule has 3 rings (SSSR count). The molecule has 5 nitrogen and oxygen atoms in total. The molecule has 128 valence electrons. The van der Waals surface area contributed by atoms with E-state index in [0.717, 1.165) is 11.3 Å². The van der Waals surface area contributed by atoms with Gasteiger partial charge in [0.05, 0.1) is 12.7 Å². The predicted octanol–water partition coefficient (Wildman–Crippen LogP) is 2.19. The van der Waals surface area contributed by atoms with Crippen LogP contribution in [0.1, 0.15) is 17.7 Å². The van der Waals surface area contributed by atoms with E-state index in [1.807, 2.05) is 22.6 Å². The number of aromatic nitrogens is 2. The Balaban J connectivity index is 1.51. The lowest BCUT2D eigenvalue weighted by Crippen LogP contribution is -2.46. The maximum Gasteiger partial charge on any atom is 0.224 e. The molecule has 6 heteroatoms. The van der Waals surface area contributed by atoms with E-state index in [0.29, 0.717) is 39.1 Å². The average Bonchev–Trinajstić information content (AvgIpc) is 3.00. The van der Waals surface area contributed by atoms with E-state index in [2.05, 4.69) is 5.10 Å². The molecule has 1 aliphatic rings. The molecule has 2 heterocycles. The molecule has 1 fully saturated rings. The van der Waals surface area contributed by atoms with Crippen molar-refractivity contribution in [3.05, 3.63) is 53.6 Å². The fourth-order valence-electron chi connectivity index (χ4n) is 2.95. The Labute approximate surface area is 141 Å². The highest BCUT2D eigenvalue weighted by molar-refractivity contribution is 5.76. The van der Waals surface area contributed by atoms with Crippen LogP contribution in [0.15, 0.2) is 36.5 Å². The maximum absolute atomic E-state index is 13.0. The van der Waals surface area contributed by atoms with Crippen LogP contribution in [0.2, 0.25) is 0 Å². The molecule has 2 aromatic rings. The molecule has 0 unspecified atom stereocenters. The number of halogens is 1. The van der Waals surface area contributed by atoms with Crippen molar-refractivity contribution in [2.24, 2.45) is 0 Å². The summed E-state index contributed by atoms with van der Waals surface area (Å²) in [5.41, 5.74) is 2.07. The number of morpholine rings is 1. The summed E-state index contributed by atoms with van der Waals surface area (Å²) in [6, 6.07) is 8.36. The summed E-state index contributed by atoms with van der Waals surface area (Å²) in [4.78, 5) is 14.3. The summed E-state index contributed by atoms with van der Waals surface area (Å²) in [6.07, 6.45) is 2.82. The quantitative estimate of drug-likeness (QED) is 0.844. The number of nitrogens with zero attached hydrogens (tertiary/aromatic N) is 3. The van der Waals surface area contributed by atoms with Gasteiger partial charge in [0.15, 0.2) is 0 Å². The number of hydrogen-bond donors (Lipinski definition) is 0. The molecule has 0 bridgehead atoms. The zero-order valence-electron chi connectivity index (χ0n) is 13.8. The molecule has 0 aliphatic carbocycles. The molecule has 1 amide bonds. The number of hydrogen-bond acceptors (Lipinski definition) is 3. The second-order valence-corrected chi connectivity index (χ2v) is 6.11. The number of carbonyl (C=O) groups is 1. The van der Waals surface area contributed by atoms with E-state index in [-0.39, 0.29) is 17.8 Å². The third kappa shape index (κ3) is 4.20. The molecule has 0 radical (unpaired) electrons. The van der Waals surface area contributed by atoms with Crippen LogP contribution in [0.4, 0.5) is 4.39 Å². The van der Waals surface area contributed by atoms with Gasteiger partial charge in [0.1, 0.15) is 5.82 Å². The lowest BCUT2D eigenvalue weighted by Gasteiger charge is -2.33. The molecule has 0 saturated carbocycles. The summed E-state index contributed by atoms with van der Waals surface area (Å²) in [5.74, 6) is -0.119. The van der Waals surface area contributed by atoms with Crippen LogP contribution in [-0.2, 0) is 22.5 Å². The number of carbonyl (C=O) groups excluding carboxylic acids is 1. The van der Waals surface area contributed by atoms with Gasteiger partial charge >= 0.3 is 0 Å². The third-order valence-electron chi connectivity index (χ3n) is 4.33. The molecule has 0 spiro atoms. The number of ether oxygens (including phenoxy) is 1. The van der Waals surface area contributed by atoms with Gasteiger partial charge in [-0.25, -0.2) is 4.39 Å². The Hall–Kier alpha value is -2.21. The molecule has 1 saturated heterocycles. The van der Waals surface area contributed by atoms with Crippen LogP contribution in [0.5, 0.6) is 0 Å². The fourth-order valence-corrected chi connectivity index (χ4v) is 2.95. The van der Waals surface area contributed by atoms with Gasteiger partial charge in [0, 0.05) is 44.4 Å². The van der Waals surface area contributed by atoms with Crippen molar-refractivity contribution in [1.82, 2.24) is 14.7 Å². The minimum Gasteiger partial charge on any atom is -0.374 e. The predicted molar refractivity (Wildman–Crippen MR) is 88.0 cm³/mol. The molecule has 0 N–H and O–H groups in total. The van der Waals surface area contributed by atoms with Crippen molar-refractivity contribution in [3.63, 3.8) is 0 Å². The molecule has 1 aromatic heterocycles. The SMILES string of the molecule is Cc1ccnn1CCC(=O)N1CCO[C@H](Cc2ccc(F)cc2)C1. The first-order valence-electron chi connectivity index (χ1n) is 8.24. The van der Waals surface area contributed by atoms with Gasteiger partial charge in [-0.05, 0) is 30.7 Å². The maximum atomic E-state index is 13.0. The summed E-state index contributed by atoms with van der Waals surface area (Å²) < 4.78 is 20.6. The van der Waals surface area contributed by atoms with E-state index in [1.165, 1.54) is 12.1 Å². The van der Waals surface area contributed by atoms with E-state index >= 15 is 0 Å². The summed E-state index contributed by atoms with van der Waals surface area (Å²) in [7, 11) is 0. The Morgan fingerprint density at radius 2 is 2.12 bits per heavy atom. The monoisotopic (exact) mass is 331 g/mol. The van der Waals surface area contributed by atoms with Gasteiger partial charge in [-0.2, -0.15) is 5.10 Å². The summed E-state index contributed by atoms with van der Waals surface area (Å²) >= 11 is 0. The number of amides is 1. The highest BCUT2D eigenvalue weighted by Gasteiger charge is 2.24. The largest absolute Gasteiger partial charge is 0.374 e. The second-order valence-electron chi connectivity index (χ2n) is 6.11. The van der Waals surface area contributed by atoms with E-state index in [1.54, 1.807) is 18.3 Å². The molecule has 24 heavy (non-hydrogen) atoms. The molecular weight excluding hydrogens is 309 g/mol. The number of benzene rings is 1. The minimum atomic E-state index is -0.242. The van der Waals surface area contributed by atoms with E-state index < -0.39 is 0 Å². The minimum absolute atomic E-state index is 0.0420. The Morgan fingerprint density at radius 1 is 1.33 bits per heavy atom. The molecular formula is C18H22FN3O2. The summed E-state index contributed by atoms with van der Waals surface area (Å²) in [5, 5.41) is 4.20. The molecule has 1 aliphatic heterocycles. The van der Waals surface area contributed by atoms with Gasteiger partial charge in [0.25, 0.3) is 0 Å². The lowest BCUT2D eigenvalue weighted by molar-refractivity contribution is -0.139. The van der Waals surface area contributed by atoms with E-state index in [4.69, 9.17) is 4.74 Å². The van der Waals surface area contributed by atoms with Crippen molar-refractivity contribution in [2.75, 3.05) is 19.7 Å². The fraction of sp³-hybridized carbons (Fsp3) is 0.444. The van der Waals surface area contributed by atoms with Crippen molar-refractivity contribution in [1.29, 1.82) is 0 Å². The first-order chi connectivity index (χ1) is 11.6. The first kappa shape index (κ1) is 16.6. The normalized spacial score (nSPS) is 17.9. The highest BCUT2D eigenvalue weighted by atomic mass is 19.1. The number of rotatable bonds is 5. The van der Waals surface area contributed by atoms with Crippen LogP contribution in [0, 0.1) is 12.7 Å². The van der Waals surface area contributed by atoms with Gasteiger partial charge in [-0.15, -0.1) is 0 Å². The van der Waals surface area contributed by atoms with Gasteiger partial charge in [0.2, 0.25) is 5.91 Å². The Morgan fingerprint density at radius 3 is 2.83 bits per heavy atom. The smallest absolute Gasteiger partial charge is 0.224 e. The van der Waals surface area contributed by atoms with Gasteiger partial charge in [-0.1, -0.05) is 12.1 Å². The highest BCUT2D eigenvalue weighted by Crippen LogP contribution is 2.13. The lowest BCUT2D eigenvalue weighted by atomic mass is 10.1. The van der Waals surface area contributed by atoms with Crippen molar-refractivity contribution < 1.29 is 13.9 Å². The zero-order valence-corrected chi connectivity index (χ0v) is 13.8. The topological polar surface area (TPSA) is 47.4 Å². The van der Waals surface area contributed by atoms with Crippen molar-refractivity contribution in [2.45, 2.75) is 32.4 Å². The molecule has 1 atom stereocenters. The molecule has 1 aromatic carbocycles. The van der Waals surface area contributed by atoms with Gasteiger partial charge < -0.3 is 9.64 Å².